The van der Waals surface area contributed by atoms with Gasteiger partial charge in [0.1, 0.15) is 35.2 Å². The molecule has 4 N–H and O–H groups in total. The maximum Gasteiger partial charge on any atom is 0.269 e. The van der Waals surface area contributed by atoms with Crippen LogP contribution in [-0.2, 0) is 14.4 Å². The number of imide groups is 2. The zero-order valence-corrected chi connectivity index (χ0v) is 31.8. The molecule has 4 fully saturated rings. The Labute approximate surface area is 351 Å². The molecule has 1 aliphatic carbocycles. The van der Waals surface area contributed by atoms with Gasteiger partial charge in [-0.15, -0.1) is 0 Å². The number of piperazine rings is 1. The predicted molar refractivity (Wildman–Crippen MR) is 212 cm³/mol. The molecule has 3 saturated heterocycles. The van der Waals surface area contributed by atoms with Crippen molar-refractivity contribution in [3.05, 3.63) is 70.0 Å². The number of fused-ring (bicyclic) bond motifs is 1. The SMILES string of the molecule is [2H]C1([2H])N(CC2CCN(C(=N)/C=C\C(=N)C(=O)NC3CCC(Oc4ccc(C#N)c(Cl)c4)CC3)CC2)C([2H])([2H])C([2H])([2H])N(c2cc(F)c3c(c2)C(=O)N(C2CCC(=O)NC2=O)C3=O)C1([2H])[2H]. The van der Waals surface area contributed by atoms with Gasteiger partial charge in [-0.3, -0.25) is 49.9 Å². The highest BCUT2D eigenvalue weighted by atomic mass is 35.5. The first kappa shape index (κ1) is 31.3. The van der Waals surface area contributed by atoms with Gasteiger partial charge < -0.3 is 19.9 Å². The van der Waals surface area contributed by atoms with Crippen LogP contribution in [0.25, 0.3) is 0 Å². The number of carbonyl (C=O) groups excluding carboxylic acids is 5. The van der Waals surface area contributed by atoms with Gasteiger partial charge in [0.25, 0.3) is 17.7 Å². The number of carbonyl (C=O) groups is 5. The van der Waals surface area contributed by atoms with Crippen molar-refractivity contribution >= 4 is 58.4 Å². The number of nitrogens with zero attached hydrogens (tertiary/aromatic N) is 5. The van der Waals surface area contributed by atoms with E-state index < -0.39 is 96.7 Å². The summed E-state index contributed by atoms with van der Waals surface area (Å²) in [6, 6.07) is 6.43. The van der Waals surface area contributed by atoms with Crippen LogP contribution in [-0.4, -0.2) is 120 Å². The normalized spacial score (nSPS) is 28.6. The van der Waals surface area contributed by atoms with Gasteiger partial charge in [-0.2, -0.15) is 5.26 Å². The number of amides is 5. The average molecular weight is 822 g/mol. The van der Waals surface area contributed by atoms with Gasteiger partial charge in [-0.25, -0.2) is 4.39 Å². The molecule has 5 amide bonds. The molecule has 0 bridgehead atoms. The number of anilines is 1. The van der Waals surface area contributed by atoms with Crippen LogP contribution in [0.4, 0.5) is 10.1 Å². The Bertz CT molecular complexity index is 2450. The maximum atomic E-state index is 15.8. The lowest BCUT2D eigenvalue weighted by Gasteiger charge is -2.40. The highest BCUT2D eigenvalue weighted by molar-refractivity contribution is 6.42. The topological polar surface area (TPSA) is 203 Å². The molecular formula is C41H45ClFN9O6. The van der Waals surface area contributed by atoms with Crippen LogP contribution in [0.2, 0.25) is 5.02 Å². The number of piperidine rings is 2. The molecule has 4 heterocycles. The molecule has 1 saturated carbocycles. The molecule has 304 valence electrons. The van der Waals surface area contributed by atoms with Crippen LogP contribution in [0.3, 0.4) is 0 Å². The van der Waals surface area contributed by atoms with E-state index in [-0.39, 0.29) is 67.4 Å². The fraction of sp³-hybridized carbons (Fsp3) is 0.463. The van der Waals surface area contributed by atoms with E-state index in [0.717, 1.165) is 6.07 Å². The molecule has 15 nitrogen and oxygen atoms in total. The minimum absolute atomic E-state index is 0.0273. The number of rotatable bonds is 10. The Kier molecular flexibility index (Phi) is 9.43. The first-order valence-corrected chi connectivity index (χ1v) is 19.2. The quantitative estimate of drug-likeness (QED) is 0.156. The Morgan fingerprint density at radius 1 is 1.00 bits per heavy atom. The van der Waals surface area contributed by atoms with Crippen molar-refractivity contribution in [3.63, 3.8) is 0 Å². The van der Waals surface area contributed by atoms with Crippen LogP contribution in [0.5, 0.6) is 5.75 Å². The highest BCUT2D eigenvalue weighted by Gasteiger charge is 2.46. The van der Waals surface area contributed by atoms with E-state index in [9.17, 15) is 24.0 Å². The molecule has 17 heteroatoms. The van der Waals surface area contributed by atoms with Crippen LogP contribution < -0.4 is 20.3 Å². The maximum absolute atomic E-state index is 15.8. The summed E-state index contributed by atoms with van der Waals surface area (Å²) < 4.78 is 93.3. The zero-order chi connectivity index (χ0) is 48.3. The van der Waals surface area contributed by atoms with E-state index in [0.29, 0.717) is 57.9 Å². The average Bonchev–Trinajstić information content (AvgIpc) is 3.50. The summed E-state index contributed by atoms with van der Waals surface area (Å²) in [5, 5.41) is 31.1. The molecule has 5 aliphatic rings. The van der Waals surface area contributed by atoms with Crippen molar-refractivity contribution in [2.75, 3.05) is 50.5 Å². The van der Waals surface area contributed by atoms with Crippen molar-refractivity contribution in [3.8, 4) is 11.8 Å². The lowest BCUT2D eigenvalue weighted by Crippen LogP contribution is -2.54. The second-order valence-corrected chi connectivity index (χ2v) is 15.0. The molecule has 2 aromatic carbocycles. The molecule has 0 radical (unpaired) electrons. The van der Waals surface area contributed by atoms with Gasteiger partial charge in [0, 0.05) is 75.3 Å². The molecule has 0 spiro atoms. The third-order valence-electron chi connectivity index (χ3n) is 10.8. The van der Waals surface area contributed by atoms with Crippen molar-refractivity contribution in [1.29, 1.82) is 16.1 Å². The number of ether oxygens (including phenoxy) is 1. The number of hydrogen-bond acceptors (Lipinski definition) is 11. The van der Waals surface area contributed by atoms with Gasteiger partial charge in [0.2, 0.25) is 11.8 Å². The van der Waals surface area contributed by atoms with E-state index in [2.05, 4.69) is 5.32 Å². The summed E-state index contributed by atoms with van der Waals surface area (Å²) in [7, 11) is 0. The van der Waals surface area contributed by atoms with E-state index in [1.165, 1.54) is 12.2 Å². The Balaban J connectivity index is 0.946. The van der Waals surface area contributed by atoms with E-state index in [1.807, 2.05) is 11.4 Å². The zero-order valence-electron chi connectivity index (χ0n) is 39.1. The number of likely N-dealkylation sites (tertiary alicyclic amines) is 1. The molecule has 1 atom stereocenters. The van der Waals surface area contributed by atoms with Gasteiger partial charge in [0.15, 0.2) is 0 Å². The summed E-state index contributed by atoms with van der Waals surface area (Å²) in [6.45, 7) is -13.6. The Morgan fingerprint density at radius 2 is 1.72 bits per heavy atom. The minimum Gasteiger partial charge on any atom is -0.490 e. The number of hydrogen-bond donors (Lipinski definition) is 4. The van der Waals surface area contributed by atoms with E-state index in [4.69, 9.17) is 43.4 Å². The summed E-state index contributed by atoms with van der Waals surface area (Å²) >= 11 is 6.11. The van der Waals surface area contributed by atoms with Gasteiger partial charge in [-0.05, 0) is 87.3 Å². The summed E-state index contributed by atoms with van der Waals surface area (Å²) in [5.74, 6) is -6.08. The molecule has 0 aromatic heterocycles. The van der Waals surface area contributed by atoms with E-state index >= 15 is 4.39 Å². The van der Waals surface area contributed by atoms with Crippen molar-refractivity contribution in [1.82, 2.24) is 25.3 Å². The number of nitriles is 1. The second kappa shape index (κ2) is 17.5. The van der Waals surface area contributed by atoms with Crippen LogP contribution in [0, 0.1) is 33.9 Å². The standard InChI is InChI=1S/C41H45ClFN9O6/c42-31-21-29(4-1-25(31)22-44)58-28-5-2-26(3-6-28)47-38(54)33(45)7-9-35(46)51-13-11-24(12-14-51)23-49-15-17-50(18-16-49)27-19-30-37(32(43)20-27)41(57)52(40(30)56)34-8-10-36(53)48-39(34)55/h1,4,7,9,19-21,24,26,28,34,45-46H,2-3,5-6,8,10-18,23H2,(H,47,54)(H,48,53,55)/b9-7-,45-33?,46-35?/i15D2,16D2,17D2,18D2. The van der Waals surface area contributed by atoms with Crippen molar-refractivity contribution < 1.29 is 44.1 Å². The number of halogens is 2. The number of nitrogens with one attached hydrogen (secondary N) is 4. The Morgan fingerprint density at radius 3 is 2.40 bits per heavy atom. The second-order valence-electron chi connectivity index (χ2n) is 14.6. The monoisotopic (exact) mass is 821 g/mol. The van der Waals surface area contributed by atoms with Crippen molar-refractivity contribution in [2.24, 2.45) is 5.92 Å². The minimum atomic E-state index is -3.45. The first-order chi connectivity index (χ1) is 30.9. The molecule has 7 rings (SSSR count). The number of amidine groups is 1. The molecule has 58 heavy (non-hydrogen) atoms. The molecular weight excluding hydrogens is 769 g/mol. The van der Waals surface area contributed by atoms with Gasteiger partial charge >= 0.3 is 0 Å². The third kappa shape index (κ3) is 8.90. The summed E-state index contributed by atoms with van der Waals surface area (Å²) in [5.41, 5.74) is -2.30. The lowest BCUT2D eigenvalue weighted by molar-refractivity contribution is -0.136. The smallest absolute Gasteiger partial charge is 0.269 e. The molecule has 4 aliphatic heterocycles. The van der Waals surface area contributed by atoms with Gasteiger partial charge in [-0.1, -0.05) is 11.6 Å². The van der Waals surface area contributed by atoms with Crippen LogP contribution in [0.1, 0.15) is 88.6 Å². The number of benzene rings is 2. The molecule has 1 unspecified atom stereocenters. The first-order valence-electron chi connectivity index (χ1n) is 22.8. The third-order valence-corrected chi connectivity index (χ3v) is 11.1. The predicted octanol–water partition coefficient (Wildman–Crippen LogP) is 3.65. The lowest BCUT2D eigenvalue weighted by atomic mass is 9.92. The largest absolute Gasteiger partial charge is 0.490 e. The Hall–Kier alpha value is -5.66. The highest BCUT2D eigenvalue weighted by Crippen LogP contribution is 2.34. The van der Waals surface area contributed by atoms with E-state index in [1.54, 1.807) is 23.1 Å². The fourth-order valence-electron chi connectivity index (χ4n) is 7.56. The fourth-order valence-corrected chi connectivity index (χ4v) is 7.77. The van der Waals surface area contributed by atoms with Gasteiger partial charge in [0.05, 0.1) is 33.3 Å². The van der Waals surface area contributed by atoms with Crippen LogP contribution >= 0.6 is 11.6 Å². The van der Waals surface area contributed by atoms with Crippen molar-refractivity contribution in [2.45, 2.75) is 69.6 Å². The summed E-state index contributed by atoms with van der Waals surface area (Å²) in [6.07, 6.45) is 4.88. The van der Waals surface area contributed by atoms with Crippen LogP contribution in [0.15, 0.2) is 42.5 Å². The molecule has 2 aromatic rings. The summed E-state index contributed by atoms with van der Waals surface area (Å²) in [4.78, 5) is 66.5.